The summed E-state index contributed by atoms with van der Waals surface area (Å²) in [6.07, 6.45) is 11.6. The molecule has 1 atom stereocenters. The van der Waals surface area contributed by atoms with Crippen LogP contribution in [0.3, 0.4) is 0 Å². The highest BCUT2D eigenvalue weighted by molar-refractivity contribution is 6.03. The first-order valence-corrected chi connectivity index (χ1v) is 19.5. The molecule has 52 heavy (non-hydrogen) atoms. The lowest BCUT2D eigenvalue weighted by Crippen LogP contribution is -2.55. The van der Waals surface area contributed by atoms with Crippen molar-refractivity contribution in [3.05, 3.63) is 47.2 Å². The number of aromatic nitrogens is 3. The summed E-state index contributed by atoms with van der Waals surface area (Å²) in [4.78, 5) is 21.9. The Morgan fingerprint density at radius 1 is 0.962 bits per heavy atom. The molecular weight excluding hydrogens is 658 g/mol. The maximum absolute atomic E-state index is 17.1. The van der Waals surface area contributed by atoms with Gasteiger partial charge in [0.15, 0.2) is 5.82 Å². The highest BCUT2D eigenvalue weighted by Crippen LogP contribution is 2.43. The molecule has 6 heterocycles. The monoisotopic (exact) mass is 714 g/mol. The van der Waals surface area contributed by atoms with E-state index in [1.807, 2.05) is 41.5 Å². The third-order valence-corrected chi connectivity index (χ3v) is 10.8. The maximum Gasteiger partial charge on any atom is 0.319 e. The van der Waals surface area contributed by atoms with Gasteiger partial charge in [-0.2, -0.15) is 9.97 Å². The van der Waals surface area contributed by atoms with Gasteiger partial charge in [0.1, 0.15) is 35.2 Å². The Balaban J connectivity index is 0.000000830. The van der Waals surface area contributed by atoms with Crippen molar-refractivity contribution in [2.24, 2.45) is 0 Å². The molecule has 8 rings (SSSR count). The smallest absolute Gasteiger partial charge is 0.319 e. The molecule has 0 radical (unpaired) electrons. The Morgan fingerprint density at radius 2 is 1.67 bits per heavy atom. The summed E-state index contributed by atoms with van der Waals surface area (Å²) >= 11 is 0. The molecule has 0 spiro atoms. The summed E-state index contributed by atoms with van der Waals surface area (Å²) < 4.78 is 38.5. The van der Waals surface area contributed by atoms with Gasteiger partial charge in [-0.05, 0) is 89.0 Å². The number of fused-ring (bicyclic) bond motifs is 4. The minimum Gasteiger partial charge on any atom is -0.508 e. The Kier molecular flexibility index (Phi) is 12.6. The van der Waals surface area contributed by atoms with Gasteiger partial charge in [-0.25, -0.2) is 13.8 Å². The third-order valence-electron chi connectivity index (χ3n) is 10.8. The van der Waals surface area contributed by atoms with Crippen molar-refractivity contribution >= 4 is 27.5 Å². The minimum atomic E-state index is -0.674. The lowest BCUT2D eigenvalue weighted by molar-refractivity contribution is 0.107. The van der Waals surface area contributed by atoms with Crippen molar-refractivity contribution in [1.82, 2.24) is 24.8 Å². The van der Waals surface area contributed by atoms with Crippen LogP contribution in [0.4, 0.5) is 14.6 Å². The molecule has 1 N–H and O–H groups in total. The summed E-state index contributed by atoms with van der Waals surface area (Å²) in [5.41, 5.74) is 0.955. The third kappa shape index (κ3) is 7.02. The number of halogens is 2. The summed E-state index contributed by atoms with van der Waals surface area (Å²) in [5.74, 6) is 1.72. The number of nitrogens with zero attached hydrogens (tertiary/aromatic N) is 6. The van der Waals surface area contributed by atoms with Crippen molar-refractivity contribution in [2.45, 2.75) is 112 Å². The lowest BCUT2D eigenvalue weighted by atomic mass is 9.95. The molecule has 4 aliphatic heterocycles. The number of pyridine rings is 1. The van der Waals surface area contributed by atoms with Crippen LogP contribution in [0.15, 0.2) is 24.3 Å². The average Bonchev–Trinajstić information content (AvgIpc) is 3.72. The molecule has 280 valence electrons. The van der Waals surface area contributed by atoms with Crippen LogP contribution in [0, 0.1) is 24.0 Å². The molecule has 3 saturated heterocycles. The van der Waals surface area contributed by atoms with Gasteiger partial charge in [0.25, 0.3) is 0 Å². The van der Waals surface area contributed by atoms with Crippen molar-refractivity contribution in [3.63, 3.8) is 0 Å². The highest BCUT2D eigenvalue weighted by Gasteiger charge is 2.45. The molecule has 0 saturated carbocycles. The topological polar surface area (TPSA) is 77.8 Å². The Morgan fingerprint density at radius 3 is 2.35 bits per heavy atom. The minimum absolute atomic E-state index is 0.00472. The number of ether oxygens (including phenoxy) is 1. The molecule has 8 nitrogen and oxygen atoms in total. The number of rotatable bonds is 5. The molecule has 1 unspecified atom stereocenters. The quantitative estimate of drug-likeness (QED) is 0.206. The standard InChI is InChI=1S/C36H38F2N6O2.3C2H6/c1-4-25-27(37)9-7-22-17-24(45)18-26(29(22)25)32-31(38)33-30-28(39-32)10-8-23-19-42(21(2)3)15-16-44(23)34(30)41-35(40-33)46-20-36-11-5-13-43(36)14-6-12-36;3*1-2/h1,7,9,17-18,21,23,45H,5-6,8,10-16,19-20H2,2-3H3;3*1-2H3. The van der Waals surface area contributed by atoms with Crippen LogP contribution >= 0.6 is 0 Å². The van der Waals surface area contributed by atoms with Crippen molar-refractivity contribution in [1.29, 1.82) is 0 Å². The zero-order valence-corrected chi connectivity index (χ0v) is 32.3. The molecule has 4 aliphatic rings. The maximum atomic E-state index is 17.1. The van der Waals surface area contributed by atoms with Crippen molar-refractivity contribution in [2.75, 3.05) is 44.2 Å². The fraction of sp³-hybridized carbons (Fsp3) is 0.548. The fourth-order valence-electron chi connectivity index (χ4n) is 8.43. The predicted molar refractivity (Wildman–Crippen MR) is 208 cm³/mol. The van der Waals surface area contributed by atoms with E-state index in [0.717, 1.165) is 64.8 Å². The van der Waals surface area contributed by atoms with Gasteiger partial charge in [-0.15, -0.1) is 6.42 Å². The summed E-state index contributed by atoms with van der Waals surface area (Å²) in [6.45, 7) is 21.5. The predicted octanol–water partition coefficient (Wildman–Crippen LogP) is 8.74. The number of hydrogen-bond acceptors (Lipinski definition) is 8. The number of aromatic hydroxyl groups is 1. The number of hydrogen-bond donors (Lipinski definition) is 1. The molecule has 2 aromatic carbocycles. The number of anilines is 1. The van der Waals surface area contributed by atoms with Crippen LogP contribution in [0.5, 0.6) is 11.8 Å². The van der Waals surface area contributed by atoms with Crippen LogP contribution in [0.1, 0.15) is 98.8 Å². The number of terminal acetylenes is 1. The molecule has 0 aliphatic carbocycles. The fourth-order valence-corrected chi connectivity index (χ4v) is 8.43. The molecule has 3 fully saturated rings. The normalized spacial score (nSPS) is 19.0. The molecule has 0 bridgehead atoms. The largest absolute Gasteiger partial charge is 0.508 e. The van der Waals surface area contributed by atoms with E-state index in [-0.39, 0.29) is 45.7 Å². The summed E-state index contributed by atoms with van der Waals surface area (Å²) in [5, 5.41) is 12.1. The van der Waals surface area contributed by atoms with Crippen LogP contribution in [0.2, 0.25) is 0 Å². The van der Waals surface area contributed by atoms with E-state index in [1.54, 1.807) is 0 Å². The van der Waals surface area contributed by atoms with E-state index < -0.39 is 11.6 Å². The average molecular weight is 715 g/mol. The van der Waals surface area contributed by atoms with E-state index in [4.69, 9.17) is 26.1 Å². The Bertz CT molecular complexity index is 1920. The second-order valence-electron chi connectivity index (χ2n) is 13.6. The van der Waals surface area contributed by atoms with Gasteiger partial charge in [0, 0.05) is 42.7 Å². The molecule has 4 aromatic rings. The van der Waals surface area contributed by atoms with E-state index >= 15 is 4.39 Å². The highest BCUT2D eigenvalue weighted by atomic mass is 19.1. The van der Waals surface area contributed by atoms with E-state index in [1.165, 1.54) is 24.3 Å². The summed E-state index contributed by atoms with van der Waals surface area (Å²) in [6, 6.07) is 6.40. The first-order chi connectivity index (χ1) is 25.3. The van der Waals surface area contributed by atoms with Crippen LogP contribution in [0.25, 0.3) is 32.9 Å². The number of phenolic OH excluding ortho intramolecular Hbond substituents is 1. The molecule has 10 heteroatoms. The Labute approximate surface area is 308 Å². The van der Waals surface area contributed by atoms with Crippen molar-refractivity contribution < 1.29 is 18.6 Å². The van der Waals surface area contributed by atoms with Gasteiger partial charge in [0.2, 0.25) is 0 Å². The zero-order valence-electron chi connectivity index (χ0n) is 32.3. The lowest BCUT2D eigenvalue weighted by Gasteiger charge is -2.43. The van der Waals surface area contributed by atoms with Crippen LogP contribution in [-0.2, 0) is 6.42 Å². The van der Waals surface area contributed by atoms with E-state index in [2.05, 4.69) is 34.5 Å². The van der Waals surface area contributed by atoms with Gasteiger partial charge in [0.05, 0.1) is 22.2 Å². The number of aryl methyl sites for hydroxylation is 1. The van der Waals surface area contributed by atoms with E-state index in [9.17, 15) is 9.50 Å². The van der Waals surface area contributed by atoms with Crippen LogP contribution in [-0.4, -0.2) is 86.8 Å². The SMILES string of the molecule is C#Cc1c(F)ccc2cc(O)cc(-c3nc4c5c(nc(OCC67CCCN6CCC7)nc5c3F)N3CCN(C(C)C)CC3CC4)c12.CC.CC.CC. The second-order valence-corrected chi connectivity index (χ2v) is 13.6. The first kappa shape index (κ1) is 39.1. The van der Waals surface area contributed by atoms with Gasteiger partial charge >= 0.3 is 6.01 Å². The van der Waals surface area contributed by atoms with E-state index in [0.29, 0.717) is 46.7 Å². The first-order valence-electron chi connectivity index (χ1n) is 19.5. The summed E-state index contributed by atoms with van der Waals surface area (Å²) in [7, 11) is 0. The number of phenols is 1. The zero-order chi connectivity index (χ0) is 37.7. The van der Waals surface area contributed by atoms with Gasteiger partial charge in [-0.3, -0.25) is 9.80 Å². The molecule has 2 aromatic heterocycles. The Hall–Kier alpha value is -4.07. The van der Waals surface area contributed by atoms with Crippen LogP contribution < -0.4 is 9.64 Å². The molecule has 0 amide bonds. The molecular formula is C42H56F2N6O2. The second kappa shape index (κ2) is 16.7. The van der Waals surface area contributed by atoms with Crippen molar-refractivity contribution in [3.8, 4) is 35.4 Å². The van der Waals surface area contributed by atoms with Gasteiger partial charge in [-0.1, -0.05) is 53.5 Å². The van der Waals surface area contributed by atoms with Gasteiger partial charge < -0.3 is 14.7 Å². The number of piperazine rings is 1. The number of benzene rings is 2.